The number of carbonyl (C=O) groups is 1. The van der Waals surface area contributed by atoms with E-state index in [0.717, 1.165) is 25.9 Å². The second-order valence-electron chi connectivity index (χ2n) is 4.11. The van der Waals surface area contributed by atoms with Crippen molar-refractivity contribution in [2.24, 2.45) is 0 Å². The molecule has 2 atom stereocenters. The zero-order valence-electron chi connectivity index (χ0n) is 8.66. The molecule has 2 heterocycles. The van der Waals surface area contributed by atoms with Crippen molar-refractivity contribution in [3.8, 4) is 0 Å². The van der Waals surface area contributed by atoms with Gasteiger partial charge in [0.2, 0.25) is 5.91 Å². The highest BCUT2D eigenvalue weighted by Crippen LogP contribution is 2.21. The number of carbonyl (C=O) groups excluding carboxylic acids is 1. The predicted molar refractivity (Wildman–Crippen MR) is 52.5 cm³/mol. The Labute approximate surface area is 84.6 Å². The number of hydrogen-bond acceptors (Lipinski definition) is 3. The summed E-state index contributed by atoms with van der Waals surface area (Å²) in [7, 11) is 0. The number of nitrogens with one attached hydrogen (secondary N) is 1. The molecule has 0 aliphatic carbocycles. The van der Waals surface area contributed by atoms with E-state index in [1.807, 2.05) is 0 Å². The first-order valence-corrected chi connectivity index (χ1v) is 5.45. The Morgan fingerprint density at radius 3 is 2.93 bits per heavy atom. The number of hydroxylamine groups is 2. The minimum Gasteiger partial charge on any atom is -0.311 e. The van der Waals surface area contributed by atoms with Crippen LogP contribution in [0.15, 0.2) is 0 Å². The minimum atomic E-state index is 0.0210. The first-order valence-electron chi connectivity index (χ1n) is 5.45. The molecule has 2 rings (SSSR count). The predicted octanol–water partition coefficient (Wildman–Crippen LogP) is 0.681. The molecule has 0 aromatic heterocycles. The third-order valence-corrected chi connectivity index (χ3v) is 3.01. The zero-order valence-corrected chi connectivity index (χ0v) is 8.66. The standard InChI is InChI=1S/C10H18N2O2/c1-8(13)12-7-3-5-10(14-12)9-4-2-6-11-9/h9-11H,2-7H2,1H3/t9-,10?/m0/s1. The Morgan fingerprint density at radius 2 is 2.29 bits per heavy atom. The lowest BCUT2D eigenvalue weighted by molar-refractivity contribution is -0.224. The van der Waals surface area contributed by atoms with Crippen molar-refractivity contribution in [1.82, 2.24) is 10.4 Å². The van der Waals surface area contributed by atoms with E-state index in [1.165, 1.54) is 17.9 Å². The molecule has 1 amide bonds. The van der Waals surface area contributed by atoms with Crippen LogP contribution in [0.25, 0.3) is 0 Å². The summed E-state index contributed by atoms with van der Waals surface area (Å²) in [5.74, 6) is 0.0210. The third-order valence-electron chi connectivity index (χ3n) is 3.01. The van der Waals surface area contributed by atoms with E-state index in [2.05, 4.69) is 5.32 Å². The fourth-order valence-corrected chi connectivity index (χ4v) is 2.24. The molecule has 0 aromatic carbocycles. The molecule has 2 saturated heterocycles. The monoisotopic (exact) mass is 198 g/mol. The highest BCUT2D eigenvalue weighted by atomic mass is 16.7. The summed E-state index contributed by atoms with van der Waals surface area (Å²) in [6, 6.07) is 0.456. The number of amides is 1. The zero-order chi connectivity index (χ0) is 9.97. The van der Waals surface area contributed by atoms with Gasteiger partial charge in [-0.25, -0.2) is 5.06 Å². The van der Waals surface area contributed by atoms with Crippen LogP contribution in [0, 0.1) is 0 Å². The van der Waals surface area contributed by atoms with Crippen LogP contribution in [-0.2, 0) is 9.63 Å². The third kappa shape index (κ3) is 2.07. The van der Waals surface area contributed by atoms with Crippen LogP contribution in [0.5, 0.6) is 0 Å². The largest absolute Gasteiger partial charge is 0.311 e. The van der Waals surface area contributed by atoms with Crippen molar-refractivity contribution in [1.29, 1.82) is 0 Å². The Balaban J connectivity index is 1.89. The molecule has 2 aliphatic heterocycles. The normalized spacial score (nSPS) is 33.4. The van der Waals surface area contributed by atoms with Gasteiger partial charge in [-0.2, -0.15) is 0 Å². The first kappa shape index (κ1) is 9.93. The summed E-state index contributed by atoms with van der Waals surface area (Å²) in [4.78, 5) is 16.8. The van der Waals surface area contributed by atoms with Gasteiger partial charge in [-0.15, -0.1) is 0 Å². The minimum absolute atomic E-state index is 0.0210. The van der Waals surface area contributed by atoms with E-state index in [9.17, 15) is 4.79 Å². The first-order chi connectivity index (χ1) is 6.77. The van der Waals surface area contributed by atoms with E-state index >= 15 is 0 Å². The fourth-order valence-electron chi connectivity index (χ4n) is 2.24. The Kier molecular flexibility index (Phi) is 3.03. The second-order valence-corrected chi connectivity index (χ2v) is 4.11. The molecule has 2 fully saturated rings. The number of nitrogens with zero attached hydrogens (tertiary/aromatic N) is 1. The summed E-state index contributed by atoms with van der Waals surface area (Å²) in [6.45, 7) is 3.40. The molecule has 4 heteroatoms. The molecule has 0 aromatic rings. The van der Waals surface area contributed by atoms with Gasteiger partial charge in [0, 0.05) is 19.5 Å². The van der Waals surface area contributed by atoms with Crippen molar-refractivity contribution in [3.63, 3.8) is 0 Å². The van der Waals surface area contributed by atoms with Crippen LogP contribution in [0.1, 0.15) is 32.6 Å². The van der Waals surface area contributed by atoms with Crippen LogP contribution < -0.4 is 5.32 Å². The van der Waals surface area contributed by atoms with Crippen LogP contribution >= 0.6 is 0 Å². The fraction of sp³-hybridized carbons (Fsp3) is 0.900. The molecular formula is C10H18N2O2. The topological polar surface area (TPSA) is 41.6 Å². The lowest BCUT2D eigenvalue weighted by Crippen LogP contribution is -2.46. The van der Waals surface area contributed by atoms with Gasteiger partial charge in [-0.05, 0) is 32.2 Å². The maximum atomic E-state index is 11.1. The lowest BCUT2D eigenvalue weighted by atomic mass is 10.0. The van der Waals surface area contributed by atoms with Gasteiger partial charge in [0.05, 0.1) is 0 Å². The molecule has 0 saturated carbocycles. The molecule has 2 aliphatic rings. The molecule has 0 spiro atoms. The number of rotatable bonds is 1. The second kappa shape index (κ2) is 4.28. The van der Waals surface area contributed by atoms with Gasteiger partial charge >= 0.3 is 0 Å². The van der Waals surface area contributed by atoms with Gasteiger partial charge in [0.25, 0.3) is 0 Å². The molecular weight excluding hydrogens is 180 g/mol. The summed E-state index contributed by atoms with van der Waals surface area (Å²) >= 11 is 0. The SMILES string of the molecule is CC(=O)N1CCCC([C@@H]2CCCN2)O1. The molecule has 0 bridgehead atoms. The summed E-state index contributed by atoms with van der Waals surface area (Å²) < 4.78 is 0. The van der Waals surface area contributed by atoms with E-state index in [4.69, 9.17) is 4.84 Å². The highest BCUT2D eigenvalue weighted by Gasteiger charge is 2.30. The average Bonchev–Trinajstić information content (AvgIpc) is 2.71. The van der Waals surface area contributed by atoms with Crippen molar-refractivity contribution in [2.75, 3.05) is 13.1 Å². The molecule has 0 radical (unpaired) electrons. The summed E-state index contributed by atoms with van der Waals surface area (Å²) in [5, 5.41) is 4.93. The smallest absolute Gasteiger partial charge is 0.243 e. The lowest BCUT2D eigenvalue weighted by Gasteiger charge is -2.34. The van der Waals surface area contributed by atoms with Crippen molar-refractivity contribution in [3.05, 3.63) is 0 Å². The van der Waals surface area contributed by atoms with Gasteiger partial charge in [-0.3, -0.25) is 9.63 Å². The van der Waals surface area contributed by atoms with Gasteiger partial charge in [0.15, 0.2) is 0 Å². The van der Waals surface area contributed by atoms with E-state index in [1.54, 1.807) is 6.92 Å². The van der Waals surface area contributed by atoms with Gasteiger partial charge < -0.3 is 5.32 Å². The Bertz CT molecular complexity index is 214. The maximum absolute atomic E-state index is 11.1. The molecule has 1 unspecified atom stereocenters. The van der Waals surface area contributed by atoms with E-state index in [0.29, 0.717) is 6.04 Å². The van der Waals surface area contributed by atoms with Crippen molar-refractivity contribution >= 4 is 5.91 Å². The molecule has 80 valence electrons. The van der Waals surface area contributed by atoms with Crippen molar-refractivity contribution < 1.29 is 9.63 Å². The Hall–Kier alpha value is -0.610. The van der Waals surface area contributed by atoms with Gasteiger partial charge in [0.1, 0.15) is 6.10 Å². The highest BCUT2D eigenvalue weighted by molar-refractivity contribution is 5.72. The maximum Gasteiger partial charge on any atom is 0.243 e. The summed E-state index contributed by atoms with van der Waals surface area (Å²) in [5.41, 5.74) is 0. The molecule has 4 nitrogen and oxygen atoms in total. The van der Waals surface area contributed by atoms with Crippen LogP contribution in [0.2, 0.25) is 0 Å². The van der Waals surface area contributed by atoms with E-state index < -0.39 is 0 Å². The molecule has 1 N–H and O–H groups in total. The Morgan fingerprint density at radius 1 is 1.43 bits per heavy atom. The summed E-state index contributed by atoms with van der Waals surface area (Å²) in [6.07, 6.45) is 4.74. The van der Waals surface area contributed by atoms with E-state index in [-0.39, 0.29) is 12.0 Å². The quantitative estimate of drug-likeness (QED) is 0.673. The average molecular weight is 198 g/mol. The van der Waals surface area contributed by atoms with Crippen LogP contribution in [0.4, 0.5) is 0 Å². The van der Waals surface area contributed by atoms with Crippen molar-refractivity contribution in [2.45, 2.75) is 44.8 Å². The van der Waals surface area contributed by atoms with Gasteiger partial charge in [-0.1, -0.05) is 0 Å². The van der Waals surface area contributed by atoms with Crippen LogP contribution in [0.3, 0.4) is 0 Å². The van der Waals surface area contributed by atoms with Crippen LogP contribution in [-0.4, -0.2) is 36.2 Å². The molecule has 14 heavy (non-hydrogen) atoms. The number of hydrogen-bond donors (Lipinski definition) is 1.